The van der Waals surface area contributed by atoms with E-state index in [4.69, 9.17) is 0 Å². The van der Waals surface area contributed by atoms with Crippen molar-refractivity contribution in [3.8, 4) is 0 Å². The molecule has 7 nitrogen and oxygen atoms in total. The van der Waals surface area contributed by atoms with Crippen molar-refractivity contribution in [3.05, 3.63) is 0 Å². The average molecular weight is 415 g/mol. The van der Waals surface area contributed by atoms with Gasteiger partial charge in [0.25, 0.3) is 5.91 Å². The average Bonchev–Trinajstić information content (AvgIpc) is 2.86. The minimum Gasteiger partial charge on any atom is -0.336 e. The monoisotopic (exact) mass is 414 g/mol. The van der Waals surface area contributed by atoms with Crippen LogP contribution in [0.3, 0.4) is 0 Å². The Morgan fingerprint density at radius 2 is 1.89 bits per heavy atom. The van der Waals surface area contributed by atoms with E-state index in [0.29, 0.717) is 25.3 Å². The molecule has 4 amide bonds. The summed E-state index contributed by atoms with van der Waals surface area (Å²) < 4.78 is 0. The van der Waals surface area contributed by atoms with Gasteiger partial charge < -0.3 is 15.5 Å². The van der Waals surface area contributed by atoms with Gasteiger partial charge in [-0.05, 0) is 43.9 Å². The molecule has 0 bridgehead atoms. The highest BCUT2D eigenvalue weighted by Gasteiger charge is 2.54. The van der Waals surface area contributed by atoms with Crippen LogP contribution in [0, 0.1) is 11.3 Å². The zero-order valence-electron chi connectivity index (χ0n) is 17.5. The molecular formula is C20H35ClN4O3. The molecule has 2 N–H and O–H groups in total. The van der Waals surface area contributed by atoms with E-state index in [0.717, 1.165) is 37.3 Å². The van der Waals surface area contributed by atoms with E-state index in [2.05, 4.69) is 31.4 Å². The number of urea groups is 1. The first-order valence-corrected chi connectivity index (χ1v) is 10.3. The van der Waals surface area contributed by atoms with Gasteiger partial charge in [0.2, 0.25) is 5.91 Å². The SMILES string of the molecule is CCC(C)(C)C1CCC2(CC1)NC(=O)N(CC(=O)N1CCNC[C@H]1C)C2=O.Cl. The Bertz CT molecular complexity index is 617. The van der Waals surface area contributed by atoms with Crippen molar-refractivity contribution in [3.63, 3.8) is 0 Å². The van der Waals surface area contributed by atoms with Crippen molar-refractivity contribution in [1.82, 2.24) is 20.4 Å². The zero-order valence-corrected chi connectivity index (χ0v) is 18.4. The molecule has 1 atom stereocenters. The number of hydrogen-bond acceptors (Lipinski definition) is 4. The molecule has 1 spiro atoms. The summed E-state index contributed by atoms with van der Waals surface area (Å²) in [4.78, 5) is 41.2. The standard InChI is InChI=1S/C20H34N4O3.ClH/c1-5-19(3,4)15-6-8-20(9-7-15)17(26)24(18(27)22-20)13-16(25)23-11-10-21-12-14(23)2;/h14-15,21H,5-13H2,1-4H3,(H,22,27);1H/t14-,15?,20?;/m1./s1. The molecule has 0 radical (unpaired) electrons. The number of nitrogens with zero attached hydrogens (tertiary/aromatic N) is 2. The third-order valence-corrected chi connectivity index (χ3v) is 7.22. The summed E-state index contributed by atoms with van der Waals surface area (Å²) in [5.74, 6) is 0.206. The van der Waals surface area contributed by atoms with E-state index in [1.807, 2.05) is 6.92 Å². The first-order chi connectivity index (χ1) is 12.7. The van der Waals surface area contributed by atoms with Gasteiger partial charge in [-0.2, -0.15) is 0 Å². The van der Waals surface area contributed by atoms with Crippen LogP contribution < -0.4 is 10.6 Å². The highest BCUT2D eigenvalue weighted by Crippen LogP contribution is 2.45. The van der Waals surface area contributed by atoms with Crippen LogP contribution in [0.2, 0.25) is 0 Å². The third kappa shape index (κ3) is 4.15. The molecule has 0 unspecified atom stereocenters. The molecule has 2 aliphatic heterocycles. The number of hydrogen-bond donors (Lipinski definition) is 2. The molecular weight excluding hydrogens is 380 g/mol. The van der Waals surface area contributed by atoms with Gasteiger partial charge in [0.1, 0.15) is 12.1 Å². The van der Waals surface area contributed by atoms with Crippen LogP contribution in [-0.2, 0) is 9.59 Å². The summed E-state index contributed by atoms with van der Waals surface area (Å²) in [6.07, 6.45) is 4.31. The molecule has 2 saturated heterocycles. The summed E-state index contributed by atoms with van der Waals surface area (Å²) >= 11 is 0. The molecule has 2 heterocycles. The summed E-state index contributed by atoms with van der Waals surface area (Å²) in [5, 5.41) is 6.18. The fourth-order valence-corrected chi connectivity index (χ4v) is 4.78. The Morgan fingerprint density at radius 1 is 1.25 bits per heavy atom. The predicted molar refractivity (Wildman–Crippen MR) is 110 cm³/mol. The maximum atomic E-state index is 13.1. The number of rotatable bonds is 4. The molecule has 3 aliphatic rings. The second-order valence-corrected chi connectivity index (χ2v) is 9.16. The van der Waals surface area contributed by atoms with E-state index < -0.39 is 11.6 Å². The smallest absolute Gasteiger partial charge is 0.325 e. The van der Waals surface area contributed by atoms with Crippen molar-refractivity contribution < 1.29 is 14.4 Å². The fraction of sp³-hybridized carbons (Fsp3) is 0.850. The van der Waals surface area contributed by atoms with Crippen LogP contribution in [0.15, 0.2) is 0 Å². The number of carbonyl (C=O) groups is 3. The van der Waals surface area contributed by atoms with Gasteiger partial charge in [0.05, 0.1) is 0 Å². The van der Waals surface area contributed by atoms with E-state index in [9.17, 15) is 14.4 Å². The summed E-state index contributed by atoms with van der Waals surface area (Å²) in [7, 11) is 0. The molecule has 28 heavy (non-hydrogen) atoms. The van der Waals surface area contributed by atoms with Crippen LogP contribution >= 0.6 is 12.4 Å². The van der Waals surface area contributed by atoms with E-state index >= 15 is 0 Å². The number of carbonyl (C=O) groups excluding carboxylic acids is 3. The predicted octanol–water partition coefficient (Wildman–Crippen LogP) is 2.15. The summed E-state index contributed by atoms with van der Waals surface area (Å²) in [6.45, 7) is 10.7. The maximum absolute atomic E-state index is 13.1. The van der Waals surface area contributed by atoms with Crippen LogP contribution in [0.4, 0.5) is 4.79 Å². The molecule has 3 rings (SSSR count). The molecule has 3 fully saturated rings. The molecule has 160 valence electrons. The van der Waals surface area contributed by atoms with Crippen molar-refractivity contribution >= 4 is 30.3 Å². The number of nitrogens with one attached hydrogen (secondary N) is 2. The van der Waals surface area contributed by atoms with Crippen LogP contribution in [0.5, 0.6) is 0 Å². The number of piperazine rings is 1. The van der Waals surface area contributed by atoms with Gasteiger partial charge in [0.15, 0.2) is 0 Å². The lowest BCUT2D eigenvalue weighted by Gasteiger charge is -2.42. The number of amides is 4. The second-order valence-electron chi connectivity index (χ2n) is 9.16. The van der Waals surface area contributed by atoms with Gasteiger partial charge in [-0.3, -0.25) is 14.5 Å². The Hall–Kier alpha value is -1.34. The van der Waals surface area contributed by atoms with Crippen LogP contribution in [0.25, 0.3) is 0 Å². The van der Waals surface area contributed by atoms with E-state index in [1.54, 1.807) is 4.90 Å². The minimum atomic E-state index is -0.799. The zero-order chi connectivity index (χ0) is 19.8. The lowest BCUT2D eigenvalue weighted by Crippen LogP contribution is -2.55. The molecule has 0 aromatic rings. The largest absolute Gasteiger partial charge is 0.336 e. The molecule has 8 heteroatoms. The van der Waals surface area contributed by atoms with Crippen molar-refractivity contribution in [2.45, 2.75) is 71.4 Å². The Balaban J connectivity index is 0.00000280. The summed E-state index contributed by atoms with van der Waals surface area (Å²) in [6, 6.07) is -0.336. The highest BCUT2D eigenvalue weighted by molar-refractivity contribution is 6.09. The second kappa shape index (κ2) is 8.57. The highest BCUT2D eigenvalue weighted by atomic mass is 35.5. The normalized spacial score (nSPS) is 31.0. The van der Waals surface area contributed by atoms with E-state index in [-0.39, 0.29) is 42.2 Å². The molecule has 1 aliphatic carbocycles. The van der Waals surface area contributed by atoms with Crippen LogP contribution in [-0.4, -0.2) is 65.4 Å². The van der Waals surface area contributed by atoms with Gasteiger partial charge in [-0.15, -0.1) is 12.4 Å². The van der Waals surface area contributed by atoms with Gasteiger partial charge in [0, 0.05) is 25.7 Å². The number of imide groups is 1. The first-order valence-electron chi connectivity index (χ1n) is 10.3. The maximum Gasteiger partial charge on any atom is 0.325 e. The lowest BCUT2D eigenvalue weighted by molar-refractivity contribution is -0.141. The number of halogens is 1. The van der Waals surface area contributed by atoms with Crippen molar-refractivity contribution in [2.75, 3.05) is 26.2 Å². The van der Waals surface area contributed by atoms with Crippen LogP contribution in [0.1, 0.15) is 59.8 Å². The van der Waals surface area contributed by atoms with Gasteiger partial charge >= 0.3 is 6.03 Å². The molecule has 0 aromatic carbocycles. The van der Waals surface area contributed by atoms with Crippen molar-refractivity contribution in [2.24, 2.45) is 11.3 Å². The molecule has 0 aromatic heterocycles. The first kappa shape index (κ1) is 22.9. The Labute approximate surface area is 174 Å². The minimum absolute atomic E-state index is 0. The fourth-order valence-electron chi connectivity index (χ4n) is 4.78. The Morgan fingerprint density at radius 3 is 2.46 bits per heavy atom. The quantitative estimate of drug-likeness (QED) is 0.690. The van der Waals surface area contributed by atoms with E-state index in [1.165, 1.54) is 0 Å². The molecule has 1 saturated carbocycles. The summed E-state index contributed by atoms with van der Waals surface area (Å²) in [5.41, 5.74) is -0.548. The topological polar surface area (TPSA) is 81.8 Å². The van der Waals surface area contributed by atoms with Crippen molar-refractivity contribution in [1.29, 1.82) is 0 Å². The van der Waals surface area contributed by atoms with Gasteiger partial charge in [-0.1, -0.05) is 27.2 Å². The third-order valence-electron chi connectivity index (χ3n) is 7.22. The van der Waals surface area contributed by atoms with Gasteiger partial charge in [-0.25, -0.2) is 4.79 Å². The lowest BCUT2D eigenvalue weighted by atomic mass is 9.65. The Kier molecular flexibility index (Phi) is 7.03.